The topological polar surface area (TPSA) is 132 Å². The number of ether oxygens (including phenoxy) is 2. The summed E-state index contributed by atoms with van der Waals surface area (Å²) in [5.74, 6) is 0.127. The lowest BCUT2D eigenvalue weighted by Crippen LogP contribution is -2.55. The van der Waals surface area contributed by atoms with Crippen LogP contribution in [0.15, 0.2) is 18.2 Å². The maximum absolute atomic E-state index is 12.3. The zero-order chi connectivity index (χ0) is 21.3. The molecular formula is C19H30N4O5. The molecule has 1 atom stereocenters. The fraction of sp³-hybridized carbons (Fsp3) is 0.526. The van der Waals surface area contributed by atoms with Crippen molar-refractivity contribution in [1.29, 1.82) is 0 Å². The highest BCUT2D eigenvalue weighted by Gasteiger charge is 2.24. The van der Waals surface area contributed by atoms with E-state index >= 15 is 0 Å². The molecule has 156 valence electrons. The van der Waals surface area contributed by atoms with Gasteiger partial charge in [-0.2, -0.15) is 0 Å². The third-order valence-corrected chi connectivity index (χ3v) is 3.92. The Balaban J connectivity index is 2.73. The smallest absolute Gasteiger partial charge is 0.312 e. The summed E-state index contributed by atoms with van der Waals surface area (Å²) in [5, 5.41) is 2.33. The van der Waals surface area contributed by atoms with E-state index in [1.807, 2.05) is 0 Å². The average molecular weight is 394 g/mol. The van der Waals surface area contributed by atoms with Gasteiger partial charge >= 0.3 is 6.03 Å². The Bertz CT molecular complexity index is 691. The van der Waals surface area contributed by atoms with Crippen molar-refractivity contribution in [1.82, 2.24) is 16.2 Å². The number of hydrogen-bond acceptors (Lipinski definition) is 5. The number of amides is 4. The quantitative estimate of drug-likeness (QED) is 0.472. The molecule has 1 rings (SSSR count). The monoisotopic (exact) mass is 394 g/mol. The van der Waals surface area contributed by atoms with E-state index in [-0.39, 0.29) is 11.5 Å². The van der Waals surface area contributed by atoms with Crippen LogP contribution in [0.2, 0.25) is 0 Å². The van der Waals surface area contributed by atoms with Gasteiger partial charge in [-0.05, 0) is 36.5 Å². The second kappa shape index (κ2) is 11.0. The standard InChI is InChI=1S/C19H30N4O5/c1-11(2)8-9-28-14-7-6-13(10-15(14)27-5)17(24)22-23-18(25)16(12(3)4)21-19(20)26/h6-7,10-12,16H,8-9H2,1-5H3,(H,22,24)(H,23,25)(H3,20,21,26)/t16-/m0/s1. The number of carbonyl (C=O) groups excluding carboxylic acids is 3. The molecule has 0 bridgehead atoms. The van der Waals surface area contributed by atoms with Crippen molar-refractivity contribution in [3.05, 3.63) is 23.8 Å². The molecule has 0 aliphatic rings. The third-order valence-electron chi connectivity index (χ3n) is 3.92. The van der Waals surface area contributed by atoms with E-state index in [2.05, 4.69) is 30.0 Å². The first-order valence-electron chi connectivity index (χ1n) is 9.12. The van der Waals surface area contributed by atoms with Crippen LogP contribution in [0.1, 0.15) is 44.5 Å². The summed E-state index contributed by atoms with van der Waals surface area (Å²) < 4.78 is 11.0. The number of primary amides is 1. The molecule has 0 radical (unpaired) electrons. The molecule has 9 nitrogen and oxygen atoms in total. The van der Waals surface area contributed by atoms with E-state index in [0.29, 0.717) is 24.0 Å². The molecular weight excluding hydrogens is 364 g/mol. The van der Waals surface area contributed by atoms with E-state index in [1.165, 1.54) is 13.2 Å². The van der Waals surface area contributed by atoms with Gasteiger partial charge in [-0.25, -0.2) is 4.79 Å². The molecule has 0 heterocycles. The second-order valence-electron chi connectivity index (χ2n) is 7.07. The van der Waals surface area contributed by atoms with Crippen LogP contribution in [0, 0.1) is 11.8 Å². The number of benzene rings is 1. The highest BCUT2D eigenvalue weighted by Crippen LogP contribution is 2.28. The number of nitrogens with one attached hydrogen (secondary N) is 3. The van der Waals surface area contributed by atoms with Crippen molar-refractivity contribution in [2.45, 2.75) is 40.2 Å². The fourth-order valence-electron chi connectivity index (χ4n) is 2.29. The second-order valence-corrected chi connectivity index (χ2v) is 7.07. The molecule has 1 aromatic rings. The van der Waals surface area contributed by atoms with Crippen LogP contribution in [0.4, 0.5) is 4.79 Å². The molecule has 0 aliphatic heterocycles. The van der Waals surface area contributed by atoms with Gasteiger partial charge in [-0.3, -0.25) is 20.4 Å². The van der Waals surface area contributed by atoms with Crippen molar-refractivity contribution in [3.63, 3.8) is 0 Å². The minimum absolute atomic E-state index is 0.216. The Kier molecular flexibility index (Phi) is 9.07. The van der Waals surface area contributed by atoms with Crippen molar-refractivity contribution >= 4 is 17.8 Å². The first kappa shape index (κ1) is 23.1. The van der Waals surface area contributed by atoms with E-state index < -0.39 is 23.9 Å². The lowest BCUT2D eigenvalue weighted by molar-refractivity contribution is -0.124. The Hall–Kier alpha value is -2.97. The summed E-state index contributed by atoms with van der Waals surface area (Å²) in [4.78, 5) is 35.5. The zero-order valence-corrected chi connectivity index (χ0v) is 17.0. The highest BCUT2D eigenvalue weighted by molar-refractivity contribution is 5.96. The Morgan fingerprint density at radius 2 is 1.75 bits per heavy atom. The van der Waals surface area contributed by atoms with Crippen molar-refractivity contribution < 1.29 is 23.9 Å². The molecule has 0 saturated heterocycles. The Morgan fingerprint density at radius 1 is 1.07 bits per heavy atom. The van der Waals surface area contributed by atoms with E-state index in [0.717, 1.165) is 6.42 Å². The highest BCUT2D eigenvalue weighted by atomic mass is 16.5. The van der Waals surface area contributed by atoms with E-state index in [9.17, 15) is 14.4 Å². The largest absolute Gasteiger partial charge is 0.493 e. The molecule has 5 N–H and O–H groups in total. The molecule has 0 spiro atoms. The third kappa shape index (κ3) is 7.34. The normalized spacial score (nSPS) is 11.7. The maximum atomic E-state index is 12.3. The molecule has 1 aromatic carbocycles. The molecule has 0 fully saturated rings. The number of hydrazine groups is 1. The van der Waals surface area contributed by atoms with Gasteiger partial charge in [0.05, 0.1) is 13.7 Å². The SMILES string of the molecule is COc1cc(C(=O)NNC(=O)[C@@H](NC(N)=O)C(C)C)ccc1OCCC(C)C. The van der Waals surface area contributed by atoms with Gasteiger partial charge in [-0.1, -0.05) is 27.7 Å². The first-order valence-corrected chi connectivity index (χ1v) is 9.12. The van der Waals surface area contributed by atoms with Crippen LogP contribution in [-0.2, 0) is 4.79 Å². The minimum atomic E-state index is -0.871. The van der Waals surface area contributed by atoms with Gasteiger partial charge in [0, 0.05) is 5.56 Å². The predicted octanol–water partition coefficient (Wildman–Crippen LogP) is 1.57. The van der Waals surface area contributed by atoms with Crippen LogP contribution in [-0.4, -0.2) is 37.6 Å². The minimum Gasteiger partial charge on any atom is -0.493 e. The van der Waals surface area contributed by atoms with Crippen LogP contribution >= 0.6 is 0 Å². The van der Waals surface area contributed by atoms with Crippen LogP contribution in [0.3, 0.4) is 0 Å². The lowest BCUT2D eigenvalue weighted by atomic mass is 10.0. The van der Waals surface area contributed by atoms with Crippen molar-refractivity contribution in [3.8, 4) is 11.5 Å². The van der Waals surface area contributed by atoms with Gasteiger partial charge < -0.3 is 20.5 Å². The Labute approximate surface area is 165 Å². The first-order chi connectivity index (χ1) is 13.1. The Morgan fingerprint density at radius 3 is 2.29 bits per heavy atom. The summed E-state index contributed by atoms with van der Waals surface area (Å²) in [6, 6.07) is 3.04. The number of nitrogens with two attached hydrogens (primary N) is 1. The molecule has 28 heavy (non-hydrogen) atoms. The molecule has 0 aromatic heterocycles. The van der Waals surface area contributed by atoms with Gasteiger partial charge in [0.15, 0.2) is 11.5 Å². The number of rotatable bonds is 9. The van der Waals surface area contributed by atoms with Gasteiger partial charge in [-0.15, -0.1) is 0 Å². The maximum Gasteiger partial charge on any atom is 0.312 e. The number of urea groups is 1. The average Bonchev–Trinajstić information content (AvgIpc) is 2.63. The number of methoxy groups -OCH3 is 1. The fourth-order valence-corrected chi connectivity index (χ4v) is 2.29. The lowest BCUT2D eigenvalue weighted by Gasteiger charge is -2.20. The molecule has 0 aliphatic carbocycles. The zero-order valence-electron chi connectivity index (χ0n) is 17.0. The van der Waals surface area contributed by atoms with Gasteiger partial charge in [0.25, 0.3) is 11.8 Å². The summed E-state index contributed by atoms with van der Waals surface area (Å²) in [6.07, 6.45) is 0.897. The summed E-state index contributed by atoms with van der Waals surface area (Å²) in [5.41, 5.74) is 9.94. The molecule has 4 amide bonds. The van der Waals surface area contributed by atoms with Crippen molar-refractivity contribution in [2.75, 3.05) is 13.7 Å². The van der Waals surface area contributed by atoms with Crippen LogP contribution in [0.25, 0.3) is 0 Å². The van der Waals surface area contributed by atoms with Gasteiger partial charge in [0.2, 0.25) is 0 Å². The number of carbonyl (C=O) groups is 3. The van der Waals surface area contributed by atoms with Crippen LogP contribution in [0.5, 0.6) is 11.5 Å². The molecule has 0 saturated carbocycles. The summed E-state index contributed by atoms with van der Waals surface area (Å²) in [7, 11) is 1.48. The molecule has 9 heteroatoms. The number of hydrogen-bond donors (Lipinski definition) is 4. The van der Waals surface area contributed by atoms with E-state index in [1.54, 1.807) is 26.0 Å². The summed E-state index contributed by atoms with van der Waals surface area (Å²) in [6.45, 7) is 8.23. The van der Waals surface area contributed by atoms with Crippen LogP contribution < -0.4 is 31.4 Å². The van der Waals surface area contributed by atoms with Gasteiger partial charge in [0.1, 0.15) is 6.04 Å². The molecule has 0 unspecified atom stereocenters. The predicted molar refractivity (Wildman–Crippen MR) is 105 cm³/mol. The van der Waals surface area contributed by atoms with E-state index in [4.69, 9.17) is 15.2 Å². The summed E-state index contributed by atoms with van der Waals surface area (Å²) >= 11 is 0. The van der Waals surface area contributed by atoms with Crippen molar-refractivity contribution in [2.24, 2.45) is 17.6 Å².